The number of amides is 1. The molecular weight excluding hydrogens is 222 g/mol. The first-order chi connectivity index (χ1) is 7.58. The molecule has 0 atom stereocenters. The van der Waals surface area contributed by atoms with Crippen molar-refractivity contribution in [3.63, 3.8) is 0 Å². The van der Waals surface area contributed by atoms with E-state index in [1.165, 1.54) is 0 Å². The van der Waals surface area contributed by atoms with Gasteiger partial charge < -0.3 is 10.6 Å². The molecule has 0 saturated heterocycles. The SMILES string of the molecule is CN(C(=O)C1(C(N)=S)CC1)c1cccnc1. The number of carbonyl (C=O) groups is 1. The number of carbonyl (C=O) groups excluding carboxylic acids is 1. The molecule has 16 heavy (non-hydrogen) atoms. The van der Waals surface area contributed by atoms with E-state index in [1.54, 1.807) is 30.4 Å². The third kappa shape index (κ3) is 1.67. The van der Waals surface area contributed by atoms with Crippen LogP contribution >= 0.6 is 12.2 Å². The fraction of sp³-hybridized carbons (Fsp3) is 0.364. The zero-order valence-electron chi connectivity index (χ0n) is 9.01. The molecule has 0 aliphatic heterocycles. The number of hydrogen-bond acceptors (Lipinski definition) is 3. The molecule has 5 heteroatoms. The monoisotopic (exact) mass is 235 g/mol. The third-order valence-electron chi connectivity index (χ3n) is 2.97. The molecule has 0 radical (unpaired) electrons. The van der Waals surface area contributed by atoms with Crippen LogP contribution in [0, 0.1) is 5.41 Å². The van der Waals surface area contributed by atoms with Gasteiger partial charge in [-0.05, 0) is 25.0 Å². The van der Waals surface area contributed by atoms with Gasteiger partial charge in [0.2, 0.25) is 5.91 Å². The number of hydrogen-bond donors (Lipinski definition) is 1. The maximum atomic E-state index is 12.2. The van der Waals surface area contributed by atoms with E-state index in [4.69, 9.17) is 18.0 Å². The molecule has 2 rings (SSSR count). The Bertz CT molecular complexity index is 428. The summed E-state index contributed by atoms with van der Waals surface area (Å²) in [6.45, 7) is 0. The topological polar surface area (TPSA) is 59.2 Å². The number of anilines is 1. The van der Waals surface area contributed by atoms with Gasteiger partial charge in [-0.2, -0.15) is 0 Å². The van der Waals surface area contributed by atoms with Gasteiger partial charge in [-0.3, -0.25) is 9.78 Å². The summed E-state index contributed by atoms with van der Waals surface area (Å²) in [6, 6.07) is 3.62. The second kappa shape index (κ2) is 3.83. The lowest BCUT2D eigenvalue weighted by molar-refractivity contribution is -0.121. The summed E-state index contributed by atoms with van der Waals surface area (Å²) in [5, 5.41) is 0. The average molecular weight is 235 g/mol. The van der Waals surface area contributed by atoms with Crippen LogP contribution in [0.25, 0.3) is 0 Å². The van der Waals surface area contributed by atoms with Crippen LogP contribution in [-0.4, -0.2) is 22.9 Å². The second-order valence-corrected chi connectivity index (χ2v) is 4.46. The standard InChI is InChI=1S/C11H13N3OS/c1-14(8-3-2-6-13-7-8)10(15)11(4-5-11)9(12)16/h2-3,6-7H,4-5H2,1H3,(H2,12,16). The summed E-state index contributed by atoms with van der Waals surface area (Å²) in [7, 11) is 1.72. The van der Waals surface area contributed by atoms with Gasteiger partial charge in [0, 0.05) is 13.2 Å². The van der Waals surface area contributed by atoms with Crippen molar-refractivity contribution in [3.8, 4) is 0 Å². The lowest BCUT2D eigenvalue weighted by Crippen LogP contribution is -2.40. The van der Waals surface area contributed by atoms with E-state index < -0.39 is 5.41 Å². The largest absolute Gasteiger partial charge is 0.392 e. The Morgan fingerprint density at radius 1 is 1.62 bits per heavy atom. The minimum Gasteiger partial charge on any atom is -0.392 e. The predicted molar refractivity (Wildman–Crippen MR) is 66.1 cm³/mol. The van der Waals surface area contributed by atoms with Gasteiger partial charge in [-0.15, -0.1) is 0 Å². The van der Waals surface area contributed by atoms with Crippen LogP contribution in [0.1, 0.15) is 12.8 Å². The number of pyridine rings is 1. The Morgan fingerprint density at radius 2 is 2.31 bits per heavy atom. The van der Waals surface area contributed by atoms with Crippen LogP contribution in [0.5, 0.6) is 0 Å². The minimum absolute atomic E-state index is 0.0343. The van der Waals surface area contributed by atoms with Crippen molar-refractivity contribution in [2.45, 2.75) is 12.8 Å². The molecule has 0 spiro atoms. The smallest absolute Gasteiger partial charge is 0.239 e. The van der Waals surface area contributed by atoms with Crippen LogP contribution in [0.3, 0.4) is 0 Å². The number of rotatable bonds is 3. The van der Waals surface area contributed by atoms with Crippen molar-refractivity contribution in [2.24, 2.45) is 11.1 Å². The van der Waals surface area contributed by atoms with Gasteiger partial charge in [0.25, 0.3) is 0 Å². The zero-order chi connectivity index (χ0) is 11.8. The average Bonchev–Trinajstić information content (AvgIpc) is 3.09. The molecule has 84 valence electrons. The zero-order valence-corrected chi connectivity index (χ0v) is 9.83. The molecule has 1 aliphatic carbocycles. The first-order valence-electron chi connectivity index (χ1n) is 5.06. The molecular formula is C11H13N3OS. The predicted octanol–water partition coefficient (Wildman–Crippen LogP) is 1.11. The van der Waals surface area contributed by atoms with Crippen molar-refractivity contribution >= 4 is 28.8 Å². The number of thiocarbonyl (C=S) groups is 1. The van der Waals surface area contributed by atoms with E-state index in [2.05, 4.69) is 4.98 Å². The molecule has 0 aromatic carbocycles. The van der Waals surface area contributed by atoms with Gasteiger partial charge in [-0.25, -0.2) is 0 Å². The molecule has 2 N–H and O–H groups in total. The summed E-state index contributed by atoms with van der Waals surface area (Å²) in [5.41, 5.74) is 5.78. The normalized spacial score (nSPS) is 16.6. The maximum absolute atomic E-state index is 12.2. The van der Waals surface area contributed by atoms with Crippen LogP contribution in [0.2, 0.25) is 0 Å². The molecule has 1 amide bonds. The Labute approximate surface area is 99.5 Å². The summed E-state index contributed by atoms with van der Waals surface area (Å²) >= 11 is 4.95. The molecule has 0 bridgehead atoms. The van der Waals surface area contributed by atoms with E-state index in [1.807, 2.05) is 6.07 Å². The quantitative estimate of drug-likeness (QED) is 0.797. The van der Waals surface area contributed by atoms with Gasteiger partial charge >= 0.3 is 0 Å². The van der Waals surface area contributed by atoms with Crippen molar-refractivity contribution in [1.82, 2.24) is 4.98 Å². The fourth-order valence-electron chi connectivity index (χ4n) is 1.68. The molecule has 1 fully saturated rings. The van der Waals surface area contributed by atoms with E-state index in [-0.39, 0.29) is 5.91 Å². The molecule has 1 aromatic rings. The Balaban J connectivity index is 2.21. The van der Waals surface area contributed by atoms with E-state index >= 15 is 0 Å². The Hall–Kier alpha value is -1.49. The highest BCUT2D eigenvalue weighted by Gasteiger charge is 2.54. The van der Waals surface area contributed by atoms with Gasteiger partial charge in [0.05, 0.1) is 22.3 Å². The molecule has 4 nitrogen and oxygen atoms in total. The van der Waals surface area contributed by atoms with Crippen molar-refractivity contribution in [2.75, 3.05) is 11.9 Å². The minimum atomic E-state index is -0.597. The highest BCUT2D eigenvalue weighted by molar-refractivity contribution is 7.80. The lowest BCUT2D eigenvalue weighted by Gasteiger charge is -2.22. The highest BCUT2D eigenvalue weighted by Crippen LogP contribution is 2.47. The van der Waals surface area contributed by atoms with Crippen LogP contribution in [0.4, 0.5) is 5.69 Å². The maximum Gasteiger partial charge on any atom is 0.239 e. The highest BCUT2D eigenvalue weighted by atomic mass is 32.1. The molecule has 1 aliphatic rings. The van der Waals surface area contributed by atoms with Crippen LogP contribution in [0.15, 0.2) is 24.5 Å². The lowest BCUT2D eigenvalue weighted by atomic mass is 10.1. The fourth-order valence-corrected chi connectivity index (χ4v) is 1.97. The van der Waals surface area contributed by atoms with Crippen molar-refractivity contribution in [3.05, 3.63) is 24.5 Å². The van der Waals surface area contributed by atoms with Crippen molar-refractivity contribution < 1.29 is 4.79 Å². The van der Waals surface area contributed by atoms with Gasteiger partial charge in [0.1, 0.15) is 0 Å². The summed E-state index contributed by atoms with van der Waals surface area (Å²) in [4.78, 5) is 18.0. The van der Waals surface area contributed by atoms with E-state index in [9.17, 15) is 4.79 Å². The molecule has 1 saturated carbocycles. The van der Waals surface area contributed by atoms with Gasteiger partial charge in [0.15, 0.2) is 0 Å². The number of nitrogens with zero attached hydrogens (tertiary/aromatic N) is 2. The molecule has 0 unspecified atom stereocenters. The van der Waals surface area contributed by atoms with Crippen LogP contribution < -0.4 is 10.6 Å². The van der Waals surface area contributed by atoms with E-state index in [0.717, 1.165) is 18.5 Å². The molecule has 1 heterocycles. The number of nitrogens with two attached hydrogens (primary N) is 1. The summed E-state index contributed by atoms with van der Waals surface area (Å²) < 4.78 is 0. The summed E-state index contributed by atoms with van der Waals surface area (Å²) in [5.74, 6) is -0.0343. The van der Waals surface area contributed by atoms with Gasteiger partial charge in [-0.1, -0.05) is 12.2 Å². The van der Waals surface area contributed by atoms with Crippen LogP contribution in [-0.2, 0) is 4.79 Å². The van der Waals surface area contributed by atoms with Crippen molar-refractivity contribution in [1.29, 1.82) is 0 Å². The van der Waals surface area contributed by atoms with E-state index in [0.29, 0.717) is 4.99 Å². The number of aromatic nitrogens is 1. The second-order valence-electron chi connectivity index (χ2n) is 4.02. The molecule has 1 aromatic heterocycles. The Kier molecular flexibility index (Phi) is 2.63. The summed E-state index contributed by atoms with van der Waals surface area (Å²) in [6.07, 6.45) is 4.83. The third-order valence-corrected chi connectivity index (χ3v) is 3.36. The first-order valence-corrected chi connectivity index (χ1v) is 5.47. The Morgan fingerprint density at radius 3 is 2.75 bits per heavy atom. The first kappa shape index (κ1) is 11.0.